The van der Waals surface area contributed by atoms with Crippen LogP contribution >= 0.6 is 11.3 Å². The Balaban J connectivity index is 1.49. The van der Waals surface area contributed by atoms with Gasteiger partial charge in [-0.1, -0.05) is 11.3 Å². The monoisotopic (exact) mass is 480 g/mol. The summed E-state index contributed by atoms with van der Waals surface area (Å²) in [6.45, 7) is 0.507. The van der Waals surface area contributed by atoms with Gasteiger partial charge in [-0.2, -0.15) is 10.1 Å². The van der Waals surface area contributed by atoms with Gasteiger partial charge in [0.1, 0.15) is 22.4 Å². The fourth-order valence-corrected chi connectivity index (χ4v) is 5.15. The van der Waals surface area contributed by atoms with Gasteiger partial charge in [0.15, 0.2) is 16.6 Å². The summed E-state index contributed by atoms with van der Waals surface area (Å²) in [5.41, 5.74) is 4.19. The second kappa shape index (κ2) is 8.21. The van der Waals surface area contributed by atoms with Gasteiger partial charge in [-0.25, -0.2) is 18.7 Å². The number of rotatable bonds is 5. The Kier molecular flexibility index (Phi) is 5.14. The van der Waals surface area contributed by atoms with Gasteiger partial charge >= 0.3 is 0 Å². The van der Waals surface area contributed by atoms with Crippen molar-refractivity contribution in [3.63, 3.8) is 0 Å². The predicted octanol–water partition coefficient (Wildman–Crippen LogP) is 5.24. The third-order valence-electron chi connectivity index (χ3n) is 6.11. The normalized spacial score (nSPS) is 18.4. The van der Waals surface area contributed by atoms with E-state index < -0.39 is 11.6 Å². The lowest BCUT2D eigenvalue weighted by Gasteiger charge is -2.22. The van der Waals surface area contributed by atoms with Gasteiger partial charge in [0.05, 0.1) is 18.5 Å². The number of anilines is 1. The number of thiazole rings is 1. The molecule has 0 saturated heterocycles. The van der Waals surface area contributed by atoms with E-state index in [9.17, 15) is 8.78 Å². The van der Waals surface area contributed by atoms with Gasteiger partial charge in [-0.15, -0.1) is 0 Å². The summed E-state index contributed by atoms with van der Waals surface area (Å²) >= 11 is 1.38. The van der Waals surface area contributed by atoms with Crippen molar-refractivity contribution in [1.82, 2.24) is 25.1 Å². The van der Waals surface area contributed by atoms with Crippen molar-refractivity contribution < 1.29 is 13.5 Å². The lowest BCUT2D eigenvalue weighted by molar-refractivity contribution is 0.0820. The van der Waals surface area contributed by atoms with E-state index in [1.165, 1.54) is 23.5 Å². The fraction of sp³-hybridized carbons (Fsp3) is 0.333. The van der Waals surface area contributed by atoms with Crippen LogP contribution in [-0.4, -0.2) is 45.9 Å². The van der Waals surface area contributed by atoms with Crippen molar-refractivity contribution in [2.24, 2.45) is 0 Å². The maximum atomic E-state index is 14.8. The standard InChI is InChI=1S/C24H22F2N6OS/c1-32(2)24-30-23-21(34-24)20(15-6-5-14(25)10-17(15)26)28-22(29-23)13-7-8-33-18(9-13)16-11-27-31-19(16)12-3-4-12/h5-6,9-12,18H,3-4,7-8H2,1-2H3,(H,27,31)/t18-/m1/s1. The highest BCUT2D eigenvalue weighted by molar-refractivity contribution is 7.22. The SMILES string of the molecule is CN(C)c1nc2nc(C3=C[C@H](c4cn[nH]c4C4CC4)OCC3)nc(-c3ccc(F)cc3F)c2s1. The molecule has 1 saturated carbocycles. The van der Waals surface area contributed by atoms with E-state index in [2.05, 4.69) is 15.2 Å². The number of aromatic nitrogens is 5. The molecule has 10 heteroatoms. The molecule has 1 aromatic carbocycles. The van der Waals surface area contributed by atoms with Crippen molar-refractivity contribution in [3.05, 3.63) is 59.2 Å². The first-order valence-electron chi connectivity index (χ1n) is 11.1. The molecule has 6 rings (SSSR count). The van der Waals surface area contributed by atoms with E-state index in [1.807, 2.05) is 31.3 Å². The lowest BCUT2D eigenvalue weighted by atomic mass is 10.0. The summed E-state index contributed by atoms with van der Waals surface area (Å²) in [5, 5.41) is 8.09. The van der Waals surface area contributed by atoms with Gasteiger partial charge in [-0.05, 0) is 43.0 Å². The summed E-state index contributed by atoms with van der Waals surface area (Å²) in [5.74, 6) is -0.310. The van der Waals surface area contributed by atoms with Crippen LogP contribution in [0.1, 0.15) is 48.4 Å². The zero-order chi connectivity index (χ0) is 23.4. The van der Waals surface area contributed by atoms with Crippen molar-refractivity contribution in [1.29, 1.82) is 0 Å². The Bertz CT molecular complexity index is 1420. The van der Waals surface area contributed by atoms with Crippen LogP contribution in [0.25, 0.3) is 27.2 Å². The Morgan fingerprint density at radius 3 is 2.76 bits per heavy atom. The Labute approximate surface area is 198 Å². The molecule has 1 atom stereocenters. The van der Waals surface area contributed by atoms with Crippen LogP contribution in [0.3, 0.4) is 0 Å². The molecular weight excluding hydrogens is 458 g/mol. The maximum absolute atomic E-state index is 14.8. The third kappa shape index (κ3) is 3.76. The van der Waals surface area contributed by atoms with Gasteiger partial charge in [0, 0.05) is 42.9 Å². The van der Waals surface area contributed by atoms with E-state index in [1.54, 1.807) is 0 Å². The molecule has 1 aliphatic heterocycles. The van der Waals surface area contributed by atoms with Crippen LogP contribution in [-0.2, 0) is 4.74 Å². The first-order chi connectivity index (χ1) is 16.5. The number of halogens is 2. The molecule has 1 N–H and O–H groups in total. The number of aromatic amines is 1. The predicted molar refractivity (Wildman–Crippen MR) is 127 cm³/mol. The smallest absolute Gasteiger partial charge is 0.187 e. The van der Waals surface area contributed by atoms with Crippen LogP contribution in [0.4, 0.5) is 13.9 Å². The molecule has 0 spiro atoms. The highest BCUT2D eigenvalue weighted by Crippen LogP contribution is 2.44. The highest BCUT2D eigenvalue weighted by atomic mass is 32.1. The minimum atomic E-state index is -0.669. The fourth-order valence-electron chi connectivity index (χ4n) is 4.22. The molecule has 0 radical (unpaired) electrons. The molecule has 7 nitrogen and oxygen atoms in total. The Morgan fingerprint density at radius 2 is 2.00 bits per heavy atom. The molecule has 174 valence electrons. The van der Waals surface area contributed by atoms with E-state index in [-0.39, 0.29) is 11.7 Å². The number of hydrogen-bond acceptors (Lipinski definition) is 7. The zero-order valence-electron chi connectivity index (χ0n) is 18.7. The van der Waals surface area contributed by atoms with Crippen LogP contribution in [0.15, 0.2) is 30.5 Å². The van der Waals surface area contributed by atoms with Crippen LogP contribution in [0.5, 0.6) is 0 Å². The van der Waals surface area contributed by atoms with Gasteiger partial charge in [-0.3, -0.25) is 5.10 Å². The molecule has 0 unspecified atom stereocenters. The Hall–Kier alpha value is -3.24. The minimum absolute atomic E-state index is 0.221. The van der Waals surface area contributed by atoms with Gasteiger partial charge in [0.25, 0.3) is 0 Å². The van der Waals surface area contributed by atoms with Crippen molar-refractivity contribution in [2.45, 2.75) is 31.3 Å². The molecule has 4 heterocycles. The molecular formula is C24H22F2N6OS. The van der Waals surface area contributed by atoms with Crippen molar-refractivity contribution in [3.8, 4) is 11.3 Å². The molecule has 3 aromatic heterocycles. The number of benzene rings is 1. The minimum Gasteiger partial charge on any atom is -0.369 e. The van der Waals surface area contributed by atoms with Gasteiger partial charge in [0.2, 0.25) is 0 Å². The van der Waals surface area contributed by atoms with Crippen molar-refractivity contribution >= 4 is 32.4 Å². The first-order valence-corrected chi connectivity index (χ1v) is 12.0. The number of fused-ring (bicyclic) bond motifs is 1. The second-order valence-electron chi connectivity index (χ2n) is 8.81. The largest absolute Gasteiger partial charge is 0.369 e. The molecule has 1 fully saturated rings. The van der Waals surface area contributed by atoms with Crippen molar-refractivity contribution in [2.75, 3.05) is 25.6 Å². The van der Waals surface area contributed by atoms with Crippen LogP contribution in [0, 0.1) is 11.6 Å². The maximum Gasteiger partial charge on any atom is 0.187 e. The Morgan fingerprint density at radius 1 is 1.15 bits per heavy atom. The topological polar surface area (TPSA) is 79.8 Å². The lowest BCUT2D eigenvalue weighted by Crippen LogP contribution is -2.12. The molecule has 2 aliphatic rings. The summed E-state index contributed by atoms with van der Waals surface area (Å²) in [6, 6.07) is 3.53. The number of hydrogen-bond donors (Lipinski definition) is 1. The highest BCUT2D eigenvalue weighted by Gasteiger charge is 2.31. The molecule has 0 bridgehead atoms. The first kappa shape index (κ1) is 21.3. The van der Waals surface area contributed by atoms with E-state index in [0.717, 1.165) is 40.9 Å². The number of nitrogens with one attached hydrogen (secondary N) is 1. The summed E-state index contributed by atoms with van der Waals surface area (Å²) in [6.07, 6.45) is 6.52. The van der Waals surface area contributed by atoms with Gasteiger partial charge < -0.3 is 9.64 Å². The second-order valence-corrected chi connectivity index (χ2v) is 9.79. The number of nitrogens with zero attached hydrogens (tertiary/aromatic N) is 5. The van der Waals surface area contributed by atoms with E-state index in [0.29, 0.717) is 40.8 Å². The zero-order valence-corrected chi connectivity index (χ0v) is 19.5. The van der Waals surface area contributed by atoms with E-state index in [4.69, 9.17) is 14.7 Å². The molecule has 0 amide bonds. The molecule has 1 aliphatic carbocycles. The van der Waals surface area contributed by atoms with Crippen LogP contribution in [0.2, 0.25) is 0 Å². The third-order valence-corrected chi connectivity index (χ3v) is 7.33. The summed E-state index contributed by atoms with van der Waals surface area (Å²) in [7, 11) is 3.77. The summed E-state index contributed by atoms with van der Waals surface area (Å²) < 4.78 is 35.1. The quantitative estimate of drug-likeness (QED) is 0.421. The molecule has 4 aromatic rings. The van der Waals surface area contributed by atoms with E-state index >= 15 is 0 Å². The van der Waals surface area contributed by atoms with Crippen LogP contribution < -0.4 is 4.90 Å². The average Bonchev–Trinajstić information content (AvgIpc) is 3.38. The average molecular weight is 481 g/mol. The number of H-pyrrole nitrogens is 1. The molecule has 34 heavy (non-hydrogen) atoms. The number of ether oxygens (including phenoxy) is 1. The summed E-state index contributed by atoms with van der Waals surface area (Å²) in [4.78, 5) is 16.0.